The molecule has 20 heavy (non-hydrogen) atoms. The Hall–Kier alpha value is -2.08. The minimum atomic E-state index is -1.86. The van der Waals surface area contributed by atoms with Gasteiger partial charge in [-0.15, -0.1) is 0 Å². The third-order valence-electron chi connectivity index (χ3n) is 2.79. The maximum absolute atomic E-state index is 13.7. The smallest absolute Gasteiger partial charge is 0.279 e. The van der Waals surface area contributed by atoms with Crippen molar-refractivity contribution in [3.8, 4) is 22.8 Å². The first kappa shape index (κ1) is 12.9. The Bertz CT molecular complexity index is 661. The molecule has 3 rings (SSSR count). The van der Waals surface area contributed by atoms with Crippen LogP contribution in [0.3, 0.4) is 0 Å². The first-order valence-electron chi connectivity index (χ1n) is 5.87. The monoisotopic (exact) mass is 295 g/mol. The van der Waals surface area contributed by atoms with Crippen molar-refractivity contribution in [2.75, 3.05) is 12.3 Å². The highest BCUT2D eigenvalue weighted by atomic mass is 35.5. The molecule has 0 bridgehead atoms. The van der Waals surface area contributed by atoms with Gasteiger partial charge in [-0.25, -0.2) is 4.98 Å². The number of halogens is 2. The summed E-state index contributed by atoms with van der Waals surface area (Å²) in [4.78, 5) is 8.10. The average Bonchev–Trinajstić information content (AvgIpc) is 2.38. The van der Waals surface area contributed by atoms with E-state index in [0.29, 0.717) is 27.8 Å². The standard InChI is InChI=1S/C13H11ClFN3O2/c1-13(15)6-19-10-2-7(8(14)3-11(10)20-13)9-4-18-12(16)5-17-9/h2-5H,6H2,1H3,(H2,16,18). The predicted octanol–water partition coefficient (Wildman–Crippen LogP) is 2.84. The third-order valence-corrected chi connectivity index (χ3v) is 3.10. The van der Waals surface area contributed by atoms with Gasteiger partial charge in [0.05, 0.1) is 23.1 Å². The molecule has 0 amide bonds. The van der Waals surface area contributed by atoms with Gasteiger partial charge in [0.2, 0.25) is 0 Å². The summed E-state index contributed by atoms with van der Waals surface area (Å²) in [7, 11) is 0. The highest BCUT2D eigenvalue weighted by Crippen LogP contribution is 2.42. The van der Waals surface area contributed by atoms with E-state index in [9.17, 15) is 4.39 Å². The van der Waals surface area contributed by atoms with Crippen LogP contribution in [-0.4, -0.2) is 22.4 Å². The Morgan fingerprint density at radius 2 is 2.10 bits per heavy atom. The molecular weight excluding hydrogens is 285 g/mol. The number of hydrogen-bond acceptors (Lipinski definition) is 5. The highest BCUT2D eigenvalue weighted by molar-refractivity contribution is 6.33. The minimum absolute atomic E-state index is 0.186. The lowest BCUT2D eigenvalue weighted by Crippen LogP contribution is -2.37. The number of nitrogens with zero attached hydrogens (tertiary/aromatic N) is 2. The molecule has 1 aromatic carbocycles. The molecule has 0 saturated heterocycles. The second-order valence-electron chi connectivity index (χ2n) is 4.60. The van der Waals surface area contributed by atoms with Crippen LogP contribution in [0, 0.1) is 0 Å². The van der Waals surface area contributed by atoms with Crippen molar-refractivity contribution in [2.24, 2.45) is 0 Å². The van der Waals surface area contributed by atoms with Crippen LogP contribution in [0.2, 0.25) is 5.02 Å². The van der Waals surface area contributed by atoms with Crippen molar-refractivity contribution >= 4 is 17.4 Å². The summed E-state index contributed by atoms with van der Waals surface area (Å²) in [6.45, 7) is 1.11. The Morgan fingerprint density at radius 3 is 2.80 bits per heavy atom. The molecule has 0 fully saturated rings. The van der Waals surface area contributed by atoms with Gasteiger partial charge in [-0.2, -0.15) is 4.39 Å². The lowest BCUT2D eigenvalue weighted by atomic mass is 10.1. The van der Waals surface area contributed by atoms with Gasteiger partial charge in [-0.1, -0.05) is 11.6 Å². The minimum Gasteiger partial charge on any atom is -0.482 e. The second-order valence-corrected chi connectivity index (χ2v) is 5.01. The fraction of sp³-hybridized carbons (Fsp3) is 0.231. The number of alkyl halides is 1. The fourth-order valence-electron chi connectivity index (χ4n) is 1.87. The summed E-state index contributed by atoms with van der Waals surface area (Å²) in [5.74, 6) is -0.870. The zero-order chi connectivity index (χ0) is 14.3. The number of nitrogens with two attached hydrogens (primary N) is 1. The van der Waals surface area contributed by atoms with Crippen molar-refractivity contribution in [3.63, 3.8) is 0 Å². The molecule has 1 aliphatic rings. The Labute approximate surface area is 119 Å². The topological polar surface area (TPSA) is 70.3 Å². The number of hydrogen-bond donors (Lipinski definition) is 1. The van der Waals surface area contributed by atoms with Crippen LogP contribution in [0.25, 0.3) is 11.3 Å². The molecule has 2 aromatic rings. The van der Waals surface area contributed by atoms with Crippen LogP contribution in [-0.2, 0) is 0 Å². The SMILES string of the molecule is CC1(F)COc2cc(-c3cnc(N)cn3)c(Cl)cc2O1. The normalized spacial score (nSPS) is 20.8. The molecule has 1 unspecified atom stereocenters. The summed E-state index contributed by atoms with van der Waals surface area (Å²) in [5.41, 5.74) is 6.65. The molecule has 0 radical (unpaired) electrons. The lowest BCUT2D eigenvalue weighted by Gasteiger charge is -2.29. The van der Waals surface area contributed by atoms with Gasteiger partial charge in [-0.3, -0.25) is 4.98 Å². The number of anilines is 1. The number of rotatable bonds is 1. The maximum Gasteiger partial charge on any atom is 0.279 e. The molecule has 104 valence electrons. The molecule has 0 aliphatic carbocycles. The first-order valence-corrected chi connectivity index (χ1v) is 6.24. The summed E-state index contributed by atoms with van der Waals surface area (Å²) >= 11 is 6.17. The van der Waals surface area contributed by atoms with Crippen molar-refractivity contribution < 1.29 is 13.9 Å². The molecule has 1 atom stereocenters. The van der Waals surface area contributed by atoms with Crippen LogP contribution in [0.15, 0.2) is 24.5 Å². The maximum atomic E-state index is 13.7. The number of benzene rings is 1. The molecule has 0 spiro atoms. The summed E-state index contributed by atoms with van der Waals surface area (Å²) < 4.78 is 24.2. The van der Waals surface area contributed by atoms with E-state index in [4.69, 9.17) is 26.8 Å². The predicted molar refractivity (Wildman–Crippen MR) is 72.5 cm³/mol. The van der Waals surface area contributed by atoms with E-state index in [1.54, 1.807) is 6.07 Å². The second kappa shape index (κ2) is 4.49. The molecule has 2 heterocycles. The highest BCUT2D eigenvalue weighted by Gasteiger charge is 2.33. The quantitative estimate of drug-likeness (QED) is 0.876. The average molecular weight is 296 g/mol. The van der Waals surface area contributed by atoms with Gasteiger partial charge < -0.3 is 15.2 Å². The van der Waals surface area contributed by atoms with Gasteiger partial charge >= 0.3 is 0 Å². The number of fused-ring (bicyclic) bond motifs is 1. The van der Waals surface area contributed by atoms with Crippen LogP contribution < -0.4 is 15.2 Å². The van der Waals surface area contributed by atoms with E-state index in [1.807, 2.05) is 0 Å². The van der Waals surface area contributed by atoms with Crippen molar-refractivity contribution in [3.05, 3.63) is 29.5 Å². The lowest BCUT2D eigenvalue weighted by molar-refractivity contribution is -0.0964. The molecular formula is C13H11ClFN3O2. The van der Waals surface area contributed by atoms with Gasteiger partial charge in [-0.05, 0) is 6.07 Å². The number of nitrogen functional groups attached to an aromatic ring is 1. The summed E-state index contributed by atoms with van der Waals surface area (Å²) in [6.07, 6.45) is 2.94. The zero-order valence-corrected chi connectivity index (χ0v) is 11.3. The Morgan fingerprint density at radius 1 is 1.30 bits per heavy atom. The molecule has 5 nitrogen and oxygen atoms in total. The number of aromatic nitrogens is 2. The van der Waals surface area contributed by atoms with Crippen LogP contribution >= 0.6 is 11.6 Å². The van der Waals surface area contributed by atoms with Gasteiger partial charge in [0, 0.05) is 18.6 Å². The Balaban J connectivity index is 2.04. The van der Waals surface area contributed by atoms with E-state index in [2.05, 4.69) is 9.97 Å². The van der Waals surface area contributed by atoms with Crippen LogP contribution in [0.1, 0.15) is 6.92 Å². The van der Waals surface area contributed by atoms with Gasteiger partial charge in [0.25, 0.3) is 5.85 Å². The molecule has 1 aliphatic heterocycles. The van der Waals surface area contributed by atoms with Crippen molar-refractivity contribution in [1.82, 2.24) is 9.97 Å². The first-order chi connectivity index (χ1) is 9.44. The zero-order valence-electron chi connectivity index (χ0n) is 10.6. The fourth-order valence-corrected chi connectivity index (χ4v) is 2.12. The van der Waals surface area contributed by atoms with Crippen LogP contribution in [0.4, 0.5) is 10.2 Å². The van der Waals surface area contributed by atoms with Crippen molar-refractivity contribution in [2.45, 2.75) is 12.8 Å². The third kappa shape index (κ3) is 2.34. The van der Waals surface area contributed by atoms with Crippen LogP contribution in [0.5, 0.6) is 11.5 Å². The van der Waals surface area contributed by atoms with E-state index in [1.165, 1.54) is 25.4 Å². The Kier molecular flexibility index (Phi) is 2.90. The van der Waals surface area contributed by atoms with E-state index >= 15 is 0 Å². The molecule has 0 saturated carbocycles. The molecule has 2 N–H and O–H groups in total. The summed E-state index contributed by atoms with van der Waals surface area (Å²) in [5, 5.41) is 0.365. The largest absolute Gasteiger partial charge is 0.482 e. The van der Waals surface area contributed by atoms with E-state index < -0.39 is 5.85 Å². The van der Waals surface area contributed by atoms with E-state index in [-0.39, 0.29) is 12.4 Å². The summed E-state index contributed by atoms with van der Waals surface area (Å²) in [6, 6.07) is 3.15. The molecule has 7 heteroatoms. The van der Waals surface area contributed by atoms with E-state index in [0.717, 1.165) is 0 Å². The van der Waals surface area contributed by atoms with Crippen molar-refractivity contribution in [1.29, 1.82) is 0 Å². The number of ether oxygens (including phenoxy) is 2. The van der Waals surface area contributed by atoms with Gasteiger partial charge in [0.15, 0.2) is 18.1 Å². The molecule has 1 aromatic heterocycles. The van der Waals surface area contributed by atoms with Gasteiger partial charge in [0.1, 0.15) is 5.82 Å².